The van der Waals surface area contributed by atoms with Crippen LogP contribution in [-0.2, 0) is 6.61 Å². The Morgan fingerprint density at radius 2 is 1.73 bits per heavy atom. The number of nitrogen functional groups attached to an aromatic ring is 1. The lowest BCUT2D eigenvalue weighted by Crippen LogP contribution is -2.10. The molecular weight excluding hydrogens is 414 g/mol. The number of ether oxygens (including phenoxy) is 1. The smallest absolute Gasteiger partial charge is 0.248 e. The van der Waals surface area contributed by atoms with Crippen molar-refractivity contribution in [1.29, 1.82) is 0 Å². The molecule has 0 radical (unpaired) electrons. The molecule has 0 atom stereocenters. The van der Waals surface area contributed by atoms with E-state index in [-0.39, 0.29) is 0 Å². The molecule has 7 nitrogen and oxygen atoms in total. The van der Waals surface area contributed by atoms with Crippen LogP contribution >= 0.6 is 0 Å². The molecule has 4 N–H and O–H groups in total. The Labute approximate surface area is 190 Å². The van der Waals surface area contributed by atoms with Gasteiger partial charge in [-0.25, -0.2) is 9.97 Å². The number of primary amides is 1. The van der Waals surface area contributed by atoms with Crippen molar-refractivity contribution in [3.63, 3.8) is 0 Å². The predicted octanol–water partition coefficient (Wildman–Crippen LogP) is 4.32. The zero-order valence-corrected chi connectivity index (χ0v) is 17.7. The van der Waals surface area contributed by atoms with Crippen molar-refractivity contribution in [2.45, 2.75) is 6.61 Å². The van der Waals surface area contributed by atoms with Crippen LogP contribution in [0.1, 0.15) is 15.9 Å². The second-order valence-electron chi connectivity index (χ2n) is 7.56. The van der Waals surface area contributed by atoms with Crippen LogP contribution in [0.15, 0.2) is 91.3 Å². The van der Waals surface area contributed by atoms with Crippen molar-refractivity contribution in [2.24, 2.45) is 5.73 Å². The number of amides is 1. The Bertz CT molecular complexity index is 1460. The third-order valence-corrected chi connectivity index (χ3v) is 5.34. The standard InChI is InChI=1S/C26H21N5O2/c27-24-23-22(18-8-5-11-21(15-18)33-16-17-6-2-1-3-7-17)30-26(31(23)13-12-29-24)20-10-4-9-19(14-20)25(28)32/h1-15H,16H2,(H2,27,29)(H2,28,32). The molecule has 33 heavy (non-hydrogen) atoms. The fraction of sp³-hybridized carbons (Fsp3) is 0.0385. The number of imidazole rings is 1. The molecule has 2 aromatic heterocycles. The van der Waals surface area contributed by atoms with E-state index < -0.39 is 5.91 Å². The van der Waals surface area contributed by atoms with Crippen LogP contribution in [0.5, 0.6) is 5.75 Å². The highest BCUT2D eigenvalue weighted by atomic mass is 16.5. The molecule has 0 spiro atoms. The molecule has 3 aromatic carbocycles. The van der Waals surface area contributed by atoms with E-state index in [1.165, 1.54) is 0 Å². The topological polar surface area (TPSA) is 109 Å². The average molecular weight is 435 g/mol. The molecule has 5 rings (SSSR count). The van der Waals surface area contributed by atoms with Crippen molar-refractivity contribution >= 4 is 17.2 Å². The van der Waals surface area contributed by atoms with Gasteiger partial charge in [-0.15, -0.1) is 0 Å². The van der Waals surface area contributed by atoms with Gasteiger partial charge in [-0.2, -0.15) is 0 Å². The van der Waals surface area contributed by atoms with Gasteiger partial charge in [0.05, 0.1) is 0 Å². The highest BCUT2D eigenvalue weighted by Gasteiger charge is 2.18. The molecule has 0 saturated heterocycles. The maximum absolute atomic E-state index is 11.7. The zero-order valence-electron chi connectivity index (χ0n) is 17.7. The van der Waals surface area contributed by atoms with E-state index in [1.807, 2.05) is 65.1 Å². The number of fused-ring (bicyclic) bond motifs is 1. The molecule has 0 aliphatic carbocycles. The summed E-state index contributed by atoms with van der Waals surface area (Å²) in [6.07, 6.45) is 3.42. The summed E-state index contributed by atoms with van der Waals surface area (Å²) < 4.78 is 7.87. The van der Waals surface area contributed by atoms with Crippen molar-refractivity contribution < 1.29 is 9.53 Å². The third-order valence-electron chi connectivity index (χ3n) is 5.34. The largest absolute Gasteiger partial charge is 0.489 e. The summed E-state index contributed by atoms with van der Waals surface area (Å²) in [6.45, 7) is 0.461. The molecular formula is C26H21N5O2. The first-order chi connectivity index (χ1) is 16.1. The molecule has 0 bridgehead atoms. The second kappa shape index (κ2) is 8.47. The normalized spacial score (nSPS) is 10.9. The predicted molar refractivity (Wildman–Crippen MR) is 128 cm³/mol. The lowest BCUT2D eigenvalue weighted by Gasteiger charge is -2.08. The average Bonchev–Trinajstić information content (AvgIpc) is 3.25. The van der Waals surface area contributed by atoms with E-state index in [0.29, 0.717) is 35.0 Å². The minimum absolute atomic E-state index is 0.355. The van der Waals surface area contributed by atoms with E-state index in [0.717, 1.165) is 22.4 Å². The fourth-order valence-corrected chi connectivity index (χ4v) is 3.75. The molecule has 0 saturated carbocycles. The summed E-state index contributed by atoms with van der Waals surface area (Å²) >= 11 is 0. The van der Waals surface area contributed by atoms with Gasteiger partial charge in [-0.05, 0) is 29.8 Å². The lowest BCUT2D eigenvalue weighted by molar-refractivity contribution is 0.100. The van der Waals surface area contributed by atoms with Gasteiger partial charge in [0, 0.05) is 29.1 Å². The van der Waals surface area contributed by atoms with E-state index in [4.69, 9.17) is 21.2 Å². The maximum Gasteiger partial charge on any atom is 0.248 e. The van der Waals surface area contributed by atoms with Crippen LogP contribution in [0, 0.1) is 0 Å². The summed E-state index contributed by atoms with van der Waals surface area (Å²) in [5.74, 6) is 1.21. The number of anilines is 1. The number of benzene rings is 3. The number of nitrogens with two attached hydrogens (primary N) is 2. The number of hydrogen-bond donors (Lipinski definition) is 2. The summed E-state index contributed by atoms with van der Waals surface area (Å²) in [7, 11) is 0. The molecule has 2 heterocycles. The first-order valence-corrected chi connectivity index (χ1v) is 10.4. The molecule has 1 amide bonds. The van der Waals surface area contributed by atoms with Crippen LogP contribution in [0.4, 0.5) is 5.82 Å². The van der Waals surface area contributed by atoms with Gasteiger partial charge in [-0.3, -0.25) is 9.20 Å². The van der Waals surface area contributed by atoms with Crippen molar-refractivity contribution in [2.75, 3.05) is 5.73 Å². The maximum atomic E-state index is 11.7. The van der Waals surface area contributed by atoms with Crippen molar-refractivity contribution in [1.82, 2.24) is 14.4 Å². The number of carbonyl (C=O) groups is 1. The number of carbonyl (C=O) groups excluding carboxylic acids is 1. The Morgan fingerprint density at radius 1 is 0.939 bits per heavy atom. The summed E-state index contributed by atoms with van der Waals surface area (Å²) in [5.41, 5.74) is 16.2. The Morgan fingerprint density at radius 3 is 2.55 bits per heavy atom. The number of hydrogen-bond acceptors (Lipinski definition) is 5. The molecule has 0 fully saturated rings. The monoisotopic (exact) mass is 435 g/mol. The van der Waals surface area contributed by atoms with E-state index >= 15 is 0 Å². The zero-order chi connectivity index (χ0) is 22.8. The minimum Gasteiger partial charge on any atom is -0.489 e. The minimum atomic E-state index is -0.498. The Hall–Kier alpha value is -4.65. The Balaban J connectivity index is 1.58. The second-order valence-corrected chi connectivity index (χ2v) is 7.56. The van der Waals surface area contributed by atoms with Gasteiger partial charge in [-0.1, -0.05) is 54.6 Å². The summed E-state index contributed by atoms with van der Waals surface area (Å²) in [4.78, 5) is 20.8. The first-order valence-electron chi connectivity index (χ1n) is 10.4. The van der Waals surface area contributed by atoms with Crippen LogP contribution in [0.25, 0.3) is 28.2 Å². The molecule has 0 aliphatic heterocycles. The van der Waals surface area contributed by atoms with Gasteiger partial charge in [0.2, 0.25) is 5.91 Å². The van der Waals surface area contributed by atoms with E-state index in [9.17, 15) is 4.79 Å². The number of rotatable bonds is 6. The Kier molecular flexibility index (Phi) is 5.20. The third kappa shape index (κ3) is 3.99. The number of nitrogens with zero attached hydrogens (tertiary/aromatic N) is 3. The molecule has 5 aromatic rings. The molecule has 7 heteroatoms. The van der Waals surface area contributed by atoms with Crippen LogP contribution < -0.4 is 16.2 Å². The lowest BCUT2D eigenvalue weighted by atomic mass is 10.1. The highest BCUT2D eigenvalue weighted by molar-refractivity contribution is 5.94. The molecule has 0 unspecified atom stereocenters. The van der Waals surface area contributed by atoms with Gasteiger partial charge in [0.15, 0.2) is 0 Å². The SMILES string of the molecule is NC(=O)c1cccc(-c2nc(-c3cccc(OCc4ccccc4)c3)c3c(N)nccn23)c1. The number of aromatic nitrogens is 3. The summed E-state index contributed by atoms with van der Waals surface area (Å²) in [6, 6.07) is 24.7. The summed E-state index contributed by atoms with van der Waals surface area (Å²) in [5, 5.41) is 0. The van der Waals surface area contributed by atoms with Crippen LogP contribution in [0.3, 0.4) is 0 Å². The van der Waals surface area contributed by atoms with E-state index in [2.05, 4.69) is 4.98 Å². The first kappa shape index (κ1) is 20.3. The van der Waals surface area contributed by atoms with Crippen molar-refractivity contribution in [3.8, 4) is 28.4 Å². The highest BCUT2D eigenvalue weighted by Crippen LogP contribution is 2.33. The van der Waals surface area contributed by atoms with Crippen molar-refractivity contribution in [3.05, 3.63) is 102 Å². The van der Waals surface area contributed by atoms with Gasteiger partial charge in [0.1, 0.15) is 35.2 Å². The fourth-order valence-electron chi connectivity index (χ4n) is 3.75. The van der Waals surface area contributed by atoms with Gasteiger partial charge in [0.25, 0.3) is 0 Å². The molecule has 162 valence electrons. The van der Waals surface area contributed by atoms with Gasteiger partial charge < -0.3 is 16.2 Å². The van der Waals surface area contributed by atoms with Gasteiger partial charge >= 0.3 is 0 Å². The quantitative estimate of drug-likeness (QED) is 0.413. The molecule has 0 aliphatic rings. The van der Waals surface area contributed by atoms with Crippen LogP contribution in [0.2, 0.25) is 0 Å². The van der Waals surface area contributed by atoms with Crippen LogP contribution in [-0.4, -0.2) is 20.3 Å². The van der Waals surface area contributed by atoms with E-state index in [1.54, 1.807) is 30.6 Å².